The summed E-state index contributed by atoms with van der Waals surface area (Å²) in [7, 11) is 0. The van der Waals surface area contributed by atoms with Gasteiger partial charge in [0.1, 0.15) is 0 Å². The highest BCUT2D eigenvalue weighted by molar-refractivity contribution is 5.86. The van der Waals surface area contributed by atoms with Crippen LogP contribution < -0.4 is 5.56 Å². The second-order valence-electron chi connectivity index (χ2n) is 4.55. The van der Waals surface area contributed by atoms with Gasteiger partial charge >= 0.3 is 0 Å². The predicted molar refractivity (Wildman–Crippen MR) is 75.1 cm³/mol. The number of carbonyl (C=O) groups excluding carboxylic acids is 1. The fourth-order valence-corrected chi connectivity index (χ4v) is 2.28. The standard InChI is InChI=1S/C14H22N2O4/c1-4-14(20,13(19)16(5-2)6-3)11-7-8-15-12(18)10(11)9-17/h7-8,17,20H,4-6,9H2,1-3H3,(H,15,18)/t14-/m0/s1. The molecule has 0 aliphatic heterocycles. The van der Waals surface area contributed by atoms with Gasteiger partial charge in [-0.25, -0.2) is 0 Å². The minimum Gasteiger partial charge on any atom is -0.391 e. The van der Waals surface area contributed by atoms with Crippen LogP contribution >= 0.6 is 0 Å². The number of aromatic nitrogens is 1. The van der Waals surface area contributed by atoms with Crippen molar-refractivity contribution in [2.75, 3.05) is 13.1 Å². The Morgan fingerprint density at radius 3 is 2.40 bits per heavy atom. The van der Waals surface area contributed by atoms with Gasteiger partial charge in [0.15, 0.2) is 5.60 Å². The summed E-state index contributed by atoms with van der Waals surface area (Å²) < 4.78 is 0. The van der Waals surface area contributed by atoms with Crippen LogP contribution in [0.1, 0.15) is 38.3 Å². The molecule has 1 atom stereocenters. The summed E-state index contributed by atoms with van der Waals surface area (Å²) in [6.45, 7) is 5.72. The maximum Gasteiger partial charge on any atom is 0.259 e. The number of aliphatic hydroxyl groups is 2. The quantitative estimate of drug-likeness (QED) is 0.701. The van der Waals surface area contributed by atoms with Crippen molar-refractivity contribution in [3.05, 3.63) is 33.7 Å². The number of rotatable bonds is 6. The Hall–Kier alpha value is -1.66. The zero-order valence-corrected chi connectivity index (χ0v) is 12.1. The lowest BCUT2D eigenvalue weighted by Crippen LogP contribution is -2.47. The fraction of sp³-hybridized carbons (Fsp3) is 0.571. The molecule has 0 aromatic carbocycles. The first-order valence-corrected chi connectivity index (χ1v) is 6.79. The van der Waals surface area contributed by atoms with E-state index in [1.807, 2.05) is 13.8 Å². The van der Waals surface area contributed by atoms with Crippen molar-refractivity contribution in [3.8, 4) is 0 Å². The van der Waals surface area contributed by atoms with Gasteiger partial charge in [0.2, 0.25) is 0 Å². The van der Waals surface area contributed by atoms with E-state index in [-0.39, 0.29) is 17.5 Å². The molecule has 0 fully saturated rings. The zero-order valence-electron chi connectivity index (χ0n) is 12.1. The Morgan fingerprint density at radius 2 is 1.95 bits per heavy atom. The molecule has 0 radical (unpaired) electrons. The van der Waals surface area contributed by atoms with Gasteiger partial charge < -0.3 is 20.1 Å². The molecular weight excluding hydrogens is 260 g/mol. The topological polar surface area (TPSA) is 93.6 Å². The molecule has 112 valence electrons. The number of nitrogens with one attached hydrogen (secondary N) is 1. The number of amides is 1. The lowest BCUT2D eigenvalue weighted by Gasteiger charge is -2.32. The summed E-state index contributed by atoms with van der Waals surface area (Å²) in [5.74, 6) is -0.453. The van der Waals surface area contributed by atoms with Crippen LogP contribution in [0.25, 0.3) is 0 Å². The van der Waals surface area contributed by atoms with Gasteiger partial charge in [-0.3, -0.25) is 9.59 Å². The summed E-state index contributed by atoms with van der Waals surface area (Å²) in [5, 5.41) is 20.1. The van der Waals surface area contributed by atoms with Crippen LogP contribution in [0.15, 0.2) is 17.1 Å². The number of aromatic amines is 1. The first-order valence-electron chi connectivity index (χ1n) is 6.79. The van der Waals surface area contributed by atoms with E-state index in [1.165, 1.54) is 17.2 Å². The van der Waals surface area contributed by atoms with Crippen LogP contribution in [-0.2, 0) is 17.0 Å². The zero-order chi connectivity index (χ0) is 15.3. The minimum atomic E-state index is -1.79. The monoisotopic (exact) mass is 282 g/mol. The molecule has 0 aliphatic rings. The SMILES string of the molecule is CCN(CC)C(=O)[C@](O)(CC)c1cc[nH]c(=O)c1CO. The Morgan fingerprint density at radius 1 is 1.35 bits per heavy atom. The third-order valence-corrected chi connectivity index (χ3v) is 3.58. The minimum absolute atomic E-state index is 0.0253. The van der Waals surface area contributed by atoms with Crippen molar-refractivity contribution in [2.45, 2.75) is 39.4 Å². The summed E-state index contributed by atoms with van der Waals surface area (Å²) >= 11 is 0. The van der Waals surface area contributed by atoms with Crippen molar-refractivity contribution in [1.29, 1.82) is 0 Å². The summed E-state index contributed by atoms with van der Waals surface area (Å²) in [4.78, 5) is 28.2. The number of hydrogen-bond acceptors (Lipinski definition) is 4. The Balaban J connectivity index is 3.41. The summed E-state index contributed by atoms with van der Waals surface area (Å²) in [6.07, 6.45) is 1.49. The molecule has 1 rings (SSSR count). The molecule has 0 aliphatic carbocycles. The molecule has 1 amide bonds. The molecular formula is C14H22N2O4. The van der Waals surface area contributed by atoms with Gasteiger partial charge in [-0.2, -0.15) is 0 Å². The predicted octanol–water partition coefficient (Wildman–Crippen LogP) is 0.333. The second kappa shape index (κ2) is 6.67. The molecule has 3 N–H and O–H groups in total. The van der Waals surface area contributed by atoms with Crippen LogP contribution in [0.5, 0.6) is 0 Å². The molecule has 6 heteroatoms. The maximum absolute atomic E-state index is 12.5. The third kappa shape index (κ3) is 2.76. The van der Waals surface area contributed by atoms with Crippen molar-refractivity contribution in [2.24, 2.45) is 0 Å². The Bertz CT molecular complexity index is 522. The third-order valence-electron chi connectivity index (χ3n) is 3.58. The highest BCUT2D eigenvalue weighted by Crippen LogP contribution is 2.28. The van der Waals surface area contributed by atoms with E-state index < -0.39 is 23.7 Å². The first-order chi connectivity index (χ1) is 9.46. The molecule has 20 heavy (non-hydrogen) atoms. The smallest absolute Gasteiger partial charge is 0.259 e. The van der Waals surface area contributed by atoms with Crippen molar-refractivity contribution >= 4 is 5.91 Å². The van der Waals surface area contributed by atoms with Crippen LogP contribution in [0.3, 0.4) is 0 Å². The first kappa shape index (κ1) is 16.4. The van der Waals surface area contributed by atoms with Gasteiger partial charge in [-0.1, -0.05) is 6.92 Å². The van der Waals surface area contributed by atoms with Crippen LogP contribution in [-0.4, -0.2) is 39.1 Å². The number of likely N-dealkylation sites (N-methyl/N-ethyl adjacent to an activating group) is 1. The maximum atomic E-state index is 12.5. The summed E-state index contributed by atoms with van der Waals surface area (Å²) in [6, 6.07) is 1.47. The number of pyridine rings is 1. The van der Waals surface area contributed by atoms with Crippen LogP contribution in [0, 0.1) is 0 Å². The van der Waals surface area contributed by atoms with Gasteiger partial charge in [-0.05, 0) is 26.3 Å². The number of nitrogens with zero attached hydrogens (tertiary/aromatic N) is 1. The highest BCUT2D eigenvalue weighted by Gasteiger charge is 2.40. The number of aliphatic hydroxyl groups excluding tert-OH is 1. The lowest BCUT2D eigenvalue weighted by molar-refractivity contribution is -0.152. The normalized spacial score (nSPS) is 13.8. The number of H-pyrrole nitrogens is 1. The summed E-state index contributed by atoms with van der Waals surface area (Å²) in [5.41, 5.74) is -2.09. The van der Waals surface area contributed by atoms with E-state index >= 15 is 0 Å². The number of hydrogen-bond donors (Lipinski definition) is 3. The van der Waals surface area contributed by atoms with Crippen LogP contribution in [0.4, 0.5) is 0 Å². The fourth-order valence-electron chi connectivity index (χ4n) is 2.28. The van der Waals surface area contributed by atoms with Crippen molar-refractivity contribution < 1.29 is 15.0 Å². The average molecular weight is 282 g/mol. The largest absolute Gasteiger partial charge is 0.391 e. The highest BCUT2D eigenvalue weighted by atomic mass is 16.3. The molecule has 1 aromatic heterocycles. The Kier molecular flexibility index (Phi) is 5.47. The van der Waals surface area contributed by atoms with Gasteiger partial charge in [0, 0.05) is 30.4 Å². The molecule has 1 heterocycles. The van der Waals surface area contributed by atoms with Gasteiger partial charge in [-0.15, -0.1) is 0 Å². The molecule has 0 saturated heterocycles. The van der Waals surface area contributed by atoms with Crippen molar-refractivity contribution in [3.63, 3.8) is 0 Å². The van der Waals surface area contributed by atoms with E-state index in [9.17, 15) is 19.8 Å². The van der Waals surface area contributed by atoms with E-state index in [1.54, 1.807) is 6.92 Å². The second-order valence-corrected chi connectivity index (χ2v) is 4.55. The average Bonchev–Trinajstić information content (AvgIpc) is 2.47. The van der Waals surface area contributed by atoms with E-state index in [2.05, 4.69) is 4.98 Å². The van der Waals surface area contributed by atoms with Gasteiger partial charge in [0.05, 0.1) is 6.61 Å². The molecule has 0 spiro atoms. The molecule has 0 bridgehead atoms. The van der Waals surface area contributed by atoms with Gasteiger partial charge in [0.25, 0.3) is 11.5 Å². The van der Waals surface area contributed by atoms with Crippen molar-refractivity contribution in [1.82, 2.24) is 9.88 Å². The van der Waals surface area contributed by atoms with E-state index in [4.69, 9.17) is 0 Å². The Labute approximate surface area is 118 Å². The van der Waals surface area contributed by atoms with E-state index in [0.717, 1.165) is 0 Å². The molecule has 0 unspecified atom stereocenters. The lowest BCUT2D eigenvalue weighted by atomic mass is 9.87. The van der Waals surface area contributed by atoms with Crippen LogP contribution in [0.2, 0.25) is 0 Å². The molecule has 0 saturated carbocycles. The molecule has 1 aromatic rings. The molecule has 6 nitrogen and oxygen atoms in total. The number of carbonyl (C=O) groups is 1. The van der Waals surface area contributed by atoms with E-state index in [0.29, 0.717) is 13.1 Å².